The summed E-state index contributed by atoms with van der Waals surface area (Å²) < 4.78 is 10.4. The predicted molar refractivity (Wildman–Crippen MR) is 91.6 cm³/mol. The van der Waals surface area contributed by atoms with Gasteiger partial charge in [0.2, 0.25) is 0 Å². The largest absolute Gasteiger partial charge is 0.463 e. The van der Waals surface area contributed by atoms with Crippen LogP contribution < -0.4 is 5.32 Å². The Kier molecular flexibility index (Phi) is 4.77. The Bertz CT molecular complexity index is 955. The number of benzene rings is 1. The van der Waals surface area contributed by atoms with Crippen LogP contribution >= 0.6 is 0 Å². The number of para-hydroxylation sites is 1. The lowest BCUT2D eigenvalue weighted by molar-refractivity contribution is -0.123. The molecule has 25 heavy (non-hydrogen) atoms. The van der Waals surface area contributed by atoms with E-state index in [0.717, 1.165) is 0 Å². The van der Waals surface area contributed by atoms with Crippen molar-refractivity contribution in [3.63, 3.8) is 0 Å². The number of hydrogen-bond donors (Lipinski definition) is 1. The molecule has 0 fully saturated rings. The van der Waals surface area contributed by atoms with E-state index in [1.807, 2.05) is 6.07 Å². The molecule has 0 radical (unpaired) electrons. The Morgan fingerprint density at radius 1 is 1.24 bits per heavy atom. The van der Waals surface area contributed by atoms with Gasteiger partial charge in [0, 0.05) is 5.39 Å². The van der Waals surface area contributed by atoms with Gasteiger partial charge < -0.3 is 14.5 Å². The van der Waals surface area contributed by atoms with Crippen LogP contribution in [0, 0.1) is 12.3 Å². The molecule has 6 nitrogen and oxygen atoms in total. The van der Waals surface area contributed by atoms with Crippen molar-refractivity contribution in [2.75, 3.05) is 13.2 Å². The van der Waals surface area contributed by atoms with Crippen LogP contribution in [0.3, 0.4) is 0 Å². The van der Waals surface area contributed by atoms with Crippen LogP contribution in [-0.2, 0) is 9.53 Å². The Hall–Kier alpha value is -3.59. The molecule has 6 heteroatoms. The molecular formula is C19H14N2O4. The van der Waals surface area contributed by atoms with E-state index in [4.69, 9.17) is 15.6 Å². The van der Waals surface area contributed by atoms with Crippen molar-refractivity contribution < 1.29 is 18.7 Å². The van der Waals surface area contributed by atoms with Gasteiger partial charge in [-0.25, -0.2) is 9.78 Å². The number of carbonyl (C=O) groups is 2. The zero-order valence-electron chi connectivity index (χ0n) is 13.2. The number of furan rings is 1. The fourth-order valence-electron chi connectivity index (χ4n) is 2.30. The third-order valence-corrected chi connectivity index (χ3v) is 3.43. The van der Waals surface area contributed by atoms with E-state index in [9.17, 15) is 9.59 Å². The minimum absolute atomic E-state index is 0.0806. The number of nitrogens with one attached hydrogen (secondary N) is 1. The molecule has 0 aliphatic carbocycles. The van der Waals surface area contributed by atoms with Gasteiger partial charge >= 0.3 is 5.97 Å². The highest BCUT2D eigenvalue weighted by molar-refractivity contribution is 6.05. The topological polar surface area (TPSA) is 81.4 Å². The van der Waals surface area contributed by atoms with Gasteiger partial charge in [0.25, 0.3) is 5.91 Å². The first-order valence-corrected chi connectivity index (χ1v) is 7.50. The van der Waals surface area contributed by atoms with Crippen LogP contribution in [0.5, 0.6) is 0 Å². The average Bonchev–Trinajstić information content (AvgIpc) is 3.18. The molecule has 0 spiro atoms. The van der Waals surface area contributed by atoms with E-state index in [2.05, 4.69) is 16.2 Å². The Balaban J connectivity index is 1.90. The second kappa shape index (κ2) is 7.32. The molecular weight excluding hydrogens is 320 g/mol. The second-order valence-electron chi connectivity index (χ2n) is 5.11. The van der Waals surface area contributed by atoms with Gasteiger partial charge in [-0.3, -0.25) is 4.79 Å². The van der Waals surface area contributed by atoms with Gasteiger partial charge in [0.1, 0.15) is 5.69 Å². The maximum absolute atomic E-state index is 12.5. The van der Waals surface area contributed by atoms with E-state index in [0.29, 0.717) is 27.9 Å². The van der Waals surface area contributed by atoms with Gasteiger partial charge in [-0.1, -0.05) is 24.1 Å². The fraction of sp³-hybridized carbons (Fsp3) is 0.105. The van der Waals surface area contributed by atoms with E-state index in [1.165, 1.54) is 6.26 Å². The highest BCUT2D eigenvalue weighted by atomic mass is 16.5. The molecule has 0 unspecified atom stereocenters. The maximum atomic E-state index is 12.5. The number of rotatable bonds is 5. The molecule has 0 saturated heterocycles. The molecule has 1 N–H and O–H groups in total. The second-order valence-corrected chi connectivity index (χ2v) is 5.11. The minimum Gasteiger partial charge on any atom is -0.463 e. The van der Waals surface area contributed by atoms with E-state index in [-0.39, 0.29) is 6.54 Å². The van der Waals surface area contributed by atoms with Crippen LogP contribution in [0.25, 0.3) is 22.4 Å². The molecule has 124 valence electrons. The normalized spacial score (nSPS) is 10.2. The number of carbonyl (C=O) groups excluding carboxylic acids is 2. The van der Waals surface area contributed by atoms with Crippen molar-refractivity contribution >= 4 is 22.8 Å². The molecule has 3 rings (SSSR count). The minimum atomic E-state index is -0.623. The zero-order chi connectivity index (χ0) is 17.6. The van der Waals surface area contributed by atoms with Gasteiger partial charge in [-0.2, -0.15) is 0 Å². The smallest absolute Gasteiger partial charge is 0.339 e. The highest BCUT2D eigenvalue weighted by Gasteiger charge is 2.17. The van der Waals surface area contributed by atoms with Crippen molar-refractivity contribution in [1.82, 2.24) is 10.3 Å². The van der Waals surface area contributed by atoms with Crippen molar-refractivity contribution in [2.45, 2.75) is 0 Å². The first-order valence-electron chi connectivity index (χ1n) is 7.50. The molecule has 0 aliphatic heterocycles. The van der Waals surface area contributed by atoms with E-state index >= 15 is 0 Å². The van der Waals surface area contributed by atoms with Gasteiger partial charge in [0.15, 0.2) is 12.4 Å². The summed E-state index contributed by atoms with van der Waals surface area (Å²) in [6.07, 6.45) is 6.59. The Labute approximate surface area is 143 Å². The molecule has 0 atom stereocenters. The number of fused-ring (bicyclic) bond motifs is 1. The Morgan fingerprint density at radius 2 is 2.08 bits per heavy atom. The Morgan fingerprint density at radius 3 is 2.84 bits per heavy atom. The zero-order valence-corrected chi connectivity index (χ0v) is 13.2. The van der Waals surface area contributed by atoms with Crippen LogP contribution in [0.4, 0.5) is 0 Å². The van der Waals surface area contributed by atoms with Crippen LogP contribution in [0.15, 0.2) is 53.1 Å². The van der Waals surface area contributed by atoms with E-state index < -0.39 is 18.5 Å². The highest BCUT2D eigenvalue weighted by Crippen LogP contribution is 2.25. The SMILES string of the molecule is C#CCNC(=O)COC(=O)c1cc(-c2ccco2)nc2ccccc12. The molecule has 2 heterocycles. The molecule has 1 amide bonds. The summed E-state index contributed by atoms with van der Waals surface area (Å²) in [5, 5.41) is 3.06. The lowest BCUT2D eigenvalue weighted by Gasteiger charge is -2.09. The summed E-state index contributed by atoms with van der Waals surface area (Å²) in [5.41, 5.74) is 1.44. The summed E-state index contributed by atoms with van der Waals surface area (Å²) in [6.45, 7) is -0.329. The predicted octanol–water partition coefficient (Wildman–Crippen LogP) is 2.40. The third kappa shape index (κ3) is 3.67. The number of esters is 1. The number of amides is 1. The maximum Gasteiger partial charge on any atom is 0.339 e. The van der Waals surface area contributed by atoms with Crippen molar-refractivity contribution in [3.05, 3.63) is 54.3 Å². The molecule has 2 aromatic heterocycles. The number of pyridine rings is 1. The number of terminal acetylenes is 1. The number of nitrogens with zero attached hydrogens (tertiary/aromatic N) is 1. The number of hydrogen-bond acceptors (Lipinski definition) is 5. The van der Waals surface area contributed by atoms with Gasteiger partial charge in [-0.15, -0.1) is 6.42 Å². The average molecular weight is 334 g/mol. The summed E-state index contributed by atoms with van der Waals surface area (Å²) >= 11 is 0. The molecule has 0 saturated carbocycles. The van der Waals surface area contributed by atoms with Gasteiger partial charge in [-0.05, 0) is 24.3 Å². The van der Waals surface area contributed by atoms with Crippen LogP contribution in [-0.4, -0.2) is 30.0 Å². The monoisotopic (exact) mass is 334 g/mol. The lowest BCUT2D eigenvalue weighted by Crippen LogP contribution is -2.29. The van der Waals surface area contributed by atoms with E-state index in [1.54, 1.807) is 36.4 Å². The standard InChI is InChI=1S/C19H14N2O4/c1-2-9-20-18(22)12-25-19(23)14-11-16(17-8-5-10-24-17)21-15-7-4-3-6-13(14)15/h1,3-8,10-11H,9,12H2,(H,20,22). The van der Waals surface area contributed by atoms with Crippen LogP contribution in [0.2, 0.25) is 0 Å². The lowest BCUT2D eigenvalue weighted by atomic mass is 10.1. The fourth-order valence-corrected chi connectivity index (χ4v) is 2.30. The quantitative estimate of drug-likeness (QED) is 0.572. The summed E-state index contributed by atoms with van der Waals surface area (Å²) in [7, 11) is 0. The van der Waals surface area contributed by atoms with Crippen molar-refractivity contribution in [3.8, 4) is 23.8 Å². The summed E-state index contributed by atoms with van der Waals surface area (Å²) in [4.78, 5) is 28.5. The molecule has 0 bridgehead atoms. The van der Waals surface area contributed by atoms with Crippen LogP contribution in [0.1, 0.15) is 10.4 Å². The van der Waals surface area contributed by atoms with Crippen molar-refractivity contribution in [2.24, 2.45) is 0 Å². The summed E-state index contributed by atoms with van der Waals surface area (Å²) in [5.74, 6) is 1.72. The first-order chi connectivity index (χ1) is 12.2. The third-order valence-electron chi connectivity index (χ3n) is 3.43. The van der Waals surface area contributed by atoms with Gasteiger partial charge in [0.05, 0.1) is 23.9 Å². The first kappa shape index (κ1) is 16.3. The summed E-state index contributed by atoms with van der Waals surface area (Å²) in [6, 6.07) is 12.3. The molecule has 1 aromatic carbocycles. The van der Waals surface area contributed by atoms with Crippen molar-refractivity contribution in [1.29, 1.82) is 0 Å². The molecule has 3 aromatic rings. The molecule has 0 aliphatic rings. The number of aromatic nitrogens is 1. The number of ether oxygens (including phenoxy) is 1.